The topological polar surface area (TPSA) is 108 Å². The maximum atomic E-state index is 11.7. The van der Waals surface area contributed by atoms with Crippen LogP contribution in [-0.2, 0) is 13.0 Å². The highest BCUT2D eigenvalue weighted by molar-refractivity contribution is 7.09. The smallest absolute Gasteiger partial charge is 0.253 e. The van der Waals surface area contributed by atoms with Crippen molar-refractivity contribution in [3.05, 3.63) is 58.0 Å². The first-order valence-electron chi connectivity index (χ1n) is 9.27. The summed E-state index contributed by atoms with van der Waals surface area (Å²) in [5.74, 6) is 1.28. The van der Waals surface area contributed by atoms with Gasteiger partial charge in [0.15, 0.2) is 11.6 Å². The van der Waals surface area contributed by atoms with Gasteiger partial charge < -0.3 is 15.8 Å². The molecule has 0 spiro atoms. The van der Waals surface area contributed by atoms with Crippen molar-refractivity contribution in [3.63, 3.8) is 0 Å². The summed E-state index contributed by atoms with van der Waals surface area (Å²) >= 11 is 1.68. The average molecular weight is 406 g/mol. The number of anilines is 1. The van der Waals surface area contributed by atoms with E-state index in [0.717, 1.165) is 24.1 Å². The predicted molar refractivity (Wildman–Crippen MR) is 111 cm³/mol. The van der Waals surface area contributed by atoms with Crippen LogP contribution in [-0.4, -0.2) is 32.3 Å². The van der Waals surface area contributed by atoms with Crippen molar-refractivity contribution < 1.29 is 9.53 Å². The third kappa shape index (κ3) is 3.19. The molecule has 29 heavy (non-hydrogen) atoms. The number of nitrogens with zero attached hydrogens (tertiary/aromatic N) is 4. The van der Waals surface area contributed by atoms with Crippen molar-refractivity contribution in [2.45, 2.75) is 19.4 Å². The van der Waals surface area contributed by atoms with Crippen LogP contribution in [0.15, 0.2) is 41.9 Å². The number of nitrogens with one attached hydrogen (secondary N) is 1. The summed E-state index contributed by atoms with van der Waals surface area (Å²) in [5, 5.41) is 10.5. The molecule has 0 fully saturated rings. The molecule has 146 valence electrons. The van der Waals surface area contributed by atoms with Gasteiger partial charge in [0.25, 0.3) is 5.95 Å². The molecule has 1 aliphatic rings. The first-order chi connectivity index (χ1) is 14.2. The number of benzene rings is 1. The summed E-state index contributed by atoms with van der Waals surface area (Å²) in [6.45, 7) is 1.30. The predicted octanol–water partition coefficient (Wildman–Crippen LogP) is 2.91. The monoisotopic (exact) mass is 406 g/mol. The number of carbonyl (C=O) groups is 1. The van der Waals surface area contributed by atoms with Crippen molar-refractivity contribution >= 4 is 34.0 Å². The second-order valence-electron chi connectivity index (χ2n) is 6.69. The van der Waals surface area contributed by atoms with Gasteiger partial charge in [0.1, 0.15) is 0 Å². The molecule has 0 saturated carbocycles. The van der Waals surface area contributed by atoms with Gasteiger partial charge >= 0.3 is 0 Å². The Morgan fingerprint density at radius 1 is 1.28 bits per heavy atom. The molecule has 0 bridgehead atoms. The number of hydrogen-bond acceptors (Lipinski definition) is 7. The standard InChI is InChI=1S/C20H18N6O2S/c21-18(27)13-5-1-7-16-14(13)11-23-26(16)20-24-15-6-2-8-28-17(15)19(25-20)22-10-12-4-3-9-29-12/h1,3-5,7,9,11H,2,6,8,10H2,(H2,21,27)(H,22,24,25). The molecule has 5 rings (SSSR count). The third-order valence-corrected chi connectivity index (χ3v) is 5.68. The number of aromatic nitrogens is 4. The van der Waals surface area contributed by atoms with Gasteiger partial charge in [-0.15, -0.1) is 11.3 Å². The van der Waals surface area contributed by atoms with E-state index in [-0.39, 0.29) is 0 Å². The van der Waals surface area contributed by atoms with Crippen molar-refractivity contribution in [2.75, 3.05) is 11.9 Å². The number of nitrogens with two attached hydrogens (primary N) is 1. The Balaban J connectivity index is 1.60. The van der Waals surface area contributed by atoms with Crippen LogP contribution in [0.4, 0.5) is 5.82 Å². The van der Waals surface area contributed by atoms with Gasteiger partial charge in [0.05, 0.1) is 36.1 Å². The lowest BCUT2D eigenvalue weighted by atomic mass is 10.1. The minimum absolute atomic E-state index is 0.422. The van der Waals surface area contributed by atoms with Crippen molar-refractivity contribution in [1.82, 2.24) is 19.7 Å². The van der Waals surface area contributed by atoms with Crippen LogP contribution in [0, 0.1) is 0 Å². The van der Waals surface area contributed by atoms with Gasteiger partial charge in [0, 0.05) is 10.3 Å². The minimum Gasteiger partial charge on any atom is -0.488 e. The summed E-state index contributed by atoms with van der Waals surface area (Å²) < 4.78 is 7.49. The number of amides is 1. The largest absolute Gasteiger partial charge is 0.488 e. The molecule has 1 aliphatic heterocycles. The lowest BCUT2D eigenvalue weighted by Crippen LogP contribution is -2.17. The molecule has 4 aromatic rings. The molecule has 1 amide bonds. The number of rotatable bonds is 5. The van der Waals surface area contributed by atoms with Crippen LogP contribution in [0.1, 0.15) is 27.3 Å². The number of primary amides is 1. The fraction of sp³-hybridized carbons (Fsp3) is 0.200. The number of carbonyl (C=O) groups excluding carboxylic acids is 1. The molecule has 8 nitrogen and oxygen atoms in total. The van der Waals surface area contributed by atoms with E-state index >= 15 is 0 Å². The molecule has 1 aromatic carbocycles. The molecule has 0 atom stereocenters. The molecule has 0 saturated heterocycles. The van der Waals surface area contributed by atoms with Crippen LogP contribution in [0.3, 0.4) is 0 Å². The SMILES string of the molecule is NC(=O)c1cccc2c1cnn2-c1nc2c(c(NCc3cccs3)n1)OCCC2. The van der Waals surface area contributed by atoms with Gasteiger partial charge in [-0.1, -0.05) is 12.1 Å². The fourth-order valence-corrected chi connectivity index (χ4v) is 4.09. The van der Waals surface area contributed by atoms with Crippen LogP contribution >= 0.6 is 11.3 Å². The zero-order valence-corrected chi connectivity index (χ0v) is 16.3. The molecule has 0 aliphatic carbocycles. The number of aryl methyl sites for hydroxylation is 1. The lowest BCUT2D eigenvalue weighted by Gasteiger charge is -2.20. The second-order valence-corrected chi connectivity index (χ2v) is 7.72. The Bertz CT molecular complexity index is 1200. The van der Waals surface area contributed by atoms with Crippen LogP contribution in [0.25, 0.3) is 16.9 Å². The van der Waals surface area contributed by atoms with E-state index in [0.29, 0.717) is 41.6 Å². The Hall–Kier alpha value is -3.46. The number of ether oxygens (including phenoxy) is 1. The molecule has 9 heteroatoms. The highest BCUT2D eigenvalue weighted by atomic mass is 32.1. The van der Waals surface area contributed by atoms with Gasteiger partial charge in [-0.2, -0.15) is 14.8 Å². The van der Waals surface area contributed by atoms with E-state index < -0.39 is 5.91 Å². The van der Waals surface area contributed by atoms with Crippen LogP contribution < -0.4 is 15.8 Å². The first kappa shape index (κ1) is 17.6. The summed E-state index contributed by atoms with van der Waals surface area (Å²) in [5.41, 5.74) is 7.49. The average Bonchev–Trinajstić information content (AvgIpc) is 3.41. The first-order valence-corrected chi connectivity index (χ1v) is 10.2. The lowest BCUT2D eigenvalue weighted by molar-refractivity contribution is 0.100. The minimum atomic E-state index is -0.492. The van der Waals surface area contributed by atoms with E-state index in [9.17, 15) is 4.79 Å². The molecule has 0 radical (unpaired) electrons. The highest BCUT2D eigenvalue weighted by Crippen LogP contribution is 2.32. The van der Waals surface area contributed by atoms with Crippen LogP contribution in [0.2, 0.25) is 0 Å². The summed E-state index contributed by atoms with van der Waals surface area (Å²) in [7, 11) is 0. The molecular formula is C20H18N6O2S. The molecule has 3 N–H and O–H groups in total. The maximum Gasteiger partial charge on any atom is 0.253 e. The van der Waals surface area contributed by atoms with E-state index in [4.69, 9.17) is 20.4 Å². The summed E-state index contributed by atoms with van der Waals surface area (Å²) in [6.07, 6.45) is 3.33. The van der Waals surface area contributed by atoms with Gasteiger partial charge in [-0.25, -0.2) is 4.98 Å². The van der Waals surface area contributed by atoms with Crippen molar-refractivity contribution in [2.24, 2.45) is 5.73 Å². The number of hydrogen-bond donors (Lipinski definition) is 2. The maximum absolute atomic E-state index is 11.7. The normalized spacial score (nSPS) is 13.1. The summed E-state index contributed by atoms with van der Waals surface area (Å²) in [4.78, 5) is 22.3. The Kier molecular flexibility index (Phi) is 4.36. The Morgan fingerprint density at radius 2 is 2.21 bits per heavy atom. The van der Waals surface area contributed by atoms with E-state index in [1.165, 1.54) is 4.88 Å². The highest BCUT2D eigenvalue weighted by Gasteiger charge is 2.22. The molecular weight excluding hydrogens is 388 g/mol. The third-order valence-electron chi connectivity index (χ3n) is 4.81. The Morgan fingerprint density at radius 3 is 3.03 bits per heavy atom. The van der Waals surface area contributed by atoms with Gasteiger partial charge in [-0.3, -0.25) is 4.79 Å². The van der Waals surface area contributed by atoms with E-state index in [2.05, 4.69) is 16.5 Å². The van der Waals surface area contributed by atoms with Crippen LogP contribution in [0.5, 0.6) is 5.75 Å². The zero-order valence-electron chi connectivity index (χ0n) is 15.5. The number of thiophene rings is 1. The van der Waals surface area contributed by atoms with Gasteiger partial charge in [0.2, 0.25) is 5.91 Å². The molecule has 4 heterocycles. The van der Waals surface area contributed by atoms with Crippen molar-refractivity contribution in [1.29, 1.82) is 0 Å². The Labute approximate surface area is 170 Å². The summed E-state index contributed by atoms with van der Waals surface area (Å²) in [6, 6.07) is 9.42. The van der Waals surface area contributed by atoms with Gasteiger partial charge in [-0.05, 0) is 36.4 Å². The quantitative estimate of drug-likeness (QED) is 0.528. The van der Waals surface area contributed by atoms with E-state index in [1.54, 1.807) is 34.3 Å². The fourth-order valence-electron chi connectivity index (χ4n) is 3.44. The van der Waals surface area contributed by atoms with E-state index in [1.807, 2.05) is 17.5 Å². The second kappa shape index (κ2) is 7.17. The molecule has 3 aromatic heterocycles. The van der Waals surface area contributed by atoms with Crippen molar-refractivity contribution in [3.8, 4) is 11.7 Å². The zero-order chi connectivity index (χ0) is 19.8. The molecule has 0 unspecified atom stereocenters. The number of fused-ring (bicyclic) bond motifs is 2.